The number of hydrogen-bond acceptors (Lipinski definition) is 3. The molecule has 4 heteroatoms. The van der Waals surface area contributed by atoms with E-state index in [4.69, 9.17) is 17.3 Å². The predicted molar refractivity (Wildman–Crippen MR) is 41.6 cm³/mol. The van der Waals surface area contributed by atoms with E-state index in [-0.39, 0.29) is 11.6 Å². The van der Waals surface area contributed by atoms with Gasteiger partial charge >= 0.3 is 0 Å². The monoisotopic (exact) mass is 153 g/mol. The van der Waals surface area contributed by atoms with Gasteiger partial charge in [0.05, 0.1) is 6.61 Å². The summed E-state index contributed by atoms with van der Waals surface area (Å²) in [5.74, 6) is 0. The van der Waals surface area contributed by atoms with E-state index < -0.39 is 0 Å². The van der Waals surface area contributed by atoms with Crippen LogP contribution >= 0.6 is 0 Å². The molecule has 2 heterocycles. The van der Waals surface area contributed by atoms with E-state index in [2.05, 4.69) is 5.32 Å². The van der Waals surface area contributed by atoms with Gasteiger partial charge in [-0.15, -0.1) is 0 Å². The fraction of sp³-hybridized carbons (Fsp3) is 1.00. The fourth-order valence-electron chi connectivity index (χ4n) is 1.96. The molecule has 0 spiro atoms. The van der Waals surface area contributed by atoms with Gasteiger partial charge < -0.3 is 14.8 Å². The highest BCUT2D eigenvalue weighted by molar-refractivity contribution is 6.11. The molecule has 2 aliphatic heterocycles. The van der Waals surface area contributed by atoms with Gasteiger partial charge in [-0.2, -0.15) is 0 Å². The quantitative estimate of drug-likeness (QED) is 0.530. The van der Waals surface area contributed by atoms with Crippen molar-refractivity contribution >= 4 is 7.85 Å². The first-order valence-corrected chi connectivity index (χ1v) is 3.91. The maximum Gasteiger partial charge on any atom is 0.111 e. The van der Waals surface area contributed by atoms with Gasteiger partial charge in [-0.25, -0.2) is 0 Å². The van der Waals surface area contributed by atoms with Crippen LogP contribution in [0, 0.1) is 0 Å². The molecule has 3 atom stereocenters. The minimum atomic E-state index is -0.140. The van der Waals surface area contributed by atoms with Gasteiger partial charge in [0.1, 0.15) is 13.4 Å². The first-order valence-electron chi connectivity index (χ1n) is 3.91. The zero-order valence-electron chi connectivity index (χ0n) is 6.67. The molecule has 11 heavy (non-hydrogen) atoms. The molecular weight excluding hydrogens is 141 g/mol. The number of rotatable bonds is 2. The predicted octanol–water partition coefficient (Wildman–Crippen LogP) is -0.742. The molecule has 2 saturated heterocycles. The number of ether oxygens (including phenoxy) is 2. The van der Waals surface area contributed by atoms with Crippen molar-refractivity contribution in [1.29, 1.82) is 0 Å². The summed E-state index contributed by atoms with van der Waals surface area (Å²) in [6.07, 6.45) is 0.988. The van der Waals surface area contributed by atoms with Crippen LogP contribution in [-0.2, 0) is 9.47 Å². The Kier molecular flexibility index (Phi) is 1.70. The third kappa shape index (κ3) is 1.09. The highest BCUT2D eigenvalue weighted by Gasteiger charge is 2.49. The molecule has 2 radical (unpaired) electrons. The molecule has 2 rings (SSSR count). The summed E-state index contributed by atoms with van der Waals surface area (Å²) in [6, 6.07) is 0.198. The fourth-order valence-corrected chi connectivity index (χ4v) is 1.96. The lowest BCUT2D eigenvalue weighted by molar-refractivity contribution is -0.0686. The van der Waals surface area contributed by atoms with Crippen molar-refractivity contribution in [2.24, 2.45) is 0 Å². The van der Waals surface area contributed by atoms with Crippen molar-refractivity contribution < 1.29 is 9.47 Å². The third-order valence-electron chi connectivity index (χ3n) is 2.47. The van der Waals surface area contributed by atoms with Crippen LogP contribution in [0.25, 0.3) is 0 Å². The minimum absolute atomic E-state index is 0.126. The molecule has 0 unspecified atom stereocenters. The standard InChI is InChI=1S/C7H12BNO2/c1-10-4-7-2-5(9-3-7)6(8)11-7/h5-6,9H,2-4H2,1H3/t5-,6-,7+/m1/s1. The first-order chi connectivity index (χ1) is 5.26. The van der Waals surface area contributed by atoms with E-state index in [9.17, 15) is 0 Å². The Morgan fingerprint density at radius 2 is 2.64 bits per heavy atom. The Morgan fingerprint density at radius 3 is 3.09 bits per heavy atom. The molecule has 1 N–H and O–H groups in total. The van der Waals surface area contributed by atoms with Crippen LogP contribution in [0.5, 0.6) is 0 Å². The minimum Gasteiger partial charge on any atom is -0.382 e. The summed E-state index contributed by atoms with van der Waals surface area (Å²) in [6.45, 7) is 1.52. The lowest BCUT2D eigenvalue weighted by Crippen LogP contribution is -2.47. The maximum atomic E-state index is 5.70. The molecule has 0 aromatic carbocycles. The highest BCUT2D eigenvalue weighted by Crippen LogP contribution is 2.34. The van der Waals surface area contributed by atoms with Crippen LogP contribution in [-0.4, -0.2) is 45.8 Å². The molecule has 2 fully saturated rings. The average Bonchev–Trinajstić information content (AvgIpc) is 2.44. The Balaban J connectivity index is 2.05. The lowest BCUT2D eigenvalue weighted by atomic mass is 9.93. The Labute approximate surface area is 67.8 Å². The zero-order valence-corrected chi connectivity index (χ0v) is 6.67. The Hall–Kier alpha value is -0.0551. The van der Waals surface area contributed by atoms with Gasteiger partial charge in [-0.1, -0.05) is 0 Å². The van der Waals surface area contributed by atoms with Crippen molar-refractivity contribution in [3.8, 4) is 0 Å². The lowest BCUT2D eigenvalue weighted by Gasteiger charge is -2.29. The summed E-state index contributed by atoms with van der Waals surface area (Å²) in [5.41, 5.74) is -0.126. The van der Waals surface area contributed by atoms with E-state index in [0.29, 0.717) is 12.6 Å². The Bertz CT molecular complexity index is 163. The first kappa shape index (κ1) is 7.59. The molecular formula is C7H12BNO2. The molecule has 0 amide bonds. The summed E-state index contributed by atoms with van der Waals surface area (Å²) in [5, 5.41) is 3.30. The Morgan fingerprint density at radius 1 is 1.82 bits per heavy atom. The molecule has 0 saturated carbocycles. The van der Waals surface area contributed by atoms with Crippen LogP contribution in [0.4, 0.5) is 0 Å². The van der Waals surface area contributed by atoms with Crippen molar-refractivity contribution in [1.82, 2.24) is 5.32 Å². The highest BCUT2D eigenvalue weighted by atomic mass is 16.6. The topological polar surface area (TPSA) is 30.5 Å². The maximum absolute atomic E-state index is 5.70. The number of nitrogens with one attached hydrogen (secondary N) is 1. The van der Waals surface area contributed by atoms with Crippen LogP contribution in [0.2, 0.25) is 0 Å². The van der Waals surface area contributed by atoms with E-state index >= 15 is 0 Å². The van der Waals surface area contributed by atoms with Crippen LogP contribution in [0.15, 0.2) is 0 Å². The van der Waals surface area contributed by atoms with E-state index in [0.717, 1.165) is 13.0 Å². The van der Waals surface area contributed by atoms with Gasteiger partial charge in [0.15, 0.2) is 0 Å². The molecule has 0 aliphatic carbocycles. The summed E-state index contributed by atoms with van der Waals surface area (Å²) >= 11 is 0. The molecule has 60 valence electrons. The number of morpholine rings is 1. The second-order valence-electron chi connectivity index (χ2n) is 3.39. The molecule has 0 aromatic heterocycles. The number of hydrogen-bond donors (Lipinski definition) is 1. The second kappa shape index (κ2) is 2.47. The van der Waals surface area contributed by atoms with E-state index in [1.165, 1.54) is 0 Å². The number of fused-ring (bicyclic) bond motifs is 2. The molecule has 0 aromatic rings. The molecule has 2 aliphatic rings. The van der Waals surface area contributed by atoms with Crippen molar-refractivity contribution in [3.63, 3.8) is 0 Å². The third-order valence-corrected chi connectivity index (χ3v) is 2.47. The van der Waals surface area contributed by atoms with Crippen molar-refractivity contribution in [3.05, 3.63) is 0 Å². The van der Waals surface area contributed by atoms with Gasteiger partial charge in [0, 0.05) is 25.7 Å². The van der Waals surface area contributed by atoms with Crippen LogP contribution in [0.3, 0.4) is 0 Å². The van der Waals surface area contributed by atoms with Gasteiger partial charge in [0.2, 0.25) is 0 Å². The zero-order chi connectivity index (χ0) is 7.90. The van der Waals surface area contributed by atoms with E-state index in [1.54, 1.807) is 7.11 Å². The van der Waals surface area contributed by atoms with Gasteiger partial charge in [-0.3, -0.25) is 0 Å². The summed E-state index contributed by atoms with van der Waals surface area (Å²) in [7, 11) is 7.38. The van der Waals surface area contributed by atoms with Crippen molar-refractivity contribution in [2.45, 2.75) is 24.1 Å². The smallest absolute Gasteiger partial charge is 0.111 e. The van der Waals surface area contributed by atoms with Gasteiger partial charge in [-0.05, 0) is 6.42 Å². The van der Waals surface area contributed by atoms with Gasteiger partial charge in [0.25, 0.3) is 0 Å². The largest absolute Gasteiger partial charge is 0.382 e. The SMILES string of the molecule is [B][C@@H]1O[C@]2(COC)CN[C@@H]1C2. The summed E-state index contributed by atoms with van der Waals surface area (Å²) in [4.78, 5) is 0. The normalized spacial score (nSPS) is 48.5. The second-order valence-corrected chi connectivity index (χ2v) is 3.39. The average molecular weight is 153 g/mol. The van der Waals surface area contributed by atoms with Crippen molar-refractivity contribution in [2.75, 3.05) is 20.3 Å². The van der Waals surface area contributed by atoms with E-state index in [1.807, 2.05) is 0 Å². The number of methoxy groups -OCH3 is 1. The van der Waals surface area contributed by atoms with Crippen LogP contribution < -0.4 is 5.32 Å². The van der Waals surface area contributed by atoms with Crippen LogP contribution in [0.1, 0.15) is 6.42 Å². The molecule has 2 bridgehead atoms. The molecule has 3 nitrogen and oxygen atoms in total. The summed E-state index contributed by atoms with van der Waals surface area (Å²) < 4.78 is 10.7.